The molecule has 0 atom stereocenters. The Bertz CT molecular complexity index is 450. The number of aryl methyl sites for hydroxylation is 1. The summed E-state index contributed by atoms with van der Waals surface area (Å²) in [5.41, 5.74) is 1.97. The Morgan fingerprint density at radius 1 is 1.23 bits per heavy atom. The highest BCUT2D eigenvalue weighted by Crippen LogP contribution is 2.23. The van der Waals surface area contributed by atoms with Gasteiger partial charge in [-0.2, -0.15) is 11.8 Å². The van der Waals surface area contributed by atoms with Gasteiger partial charge < -0.3 is 10.0 Å². The molecule has 0 aliphatic heterocycles. The molecule has 3 nitrogen and oxygen atoms in total. The molecule has 22 heavy (non-hydrogen) atoms. The molecule has 0 amide bonds. The molecular weight excluding hydrogens is 312 g/mol. The second-order valence-electron chi connectivity index (χ2n) is 4.71. The van der Waals surface area contributed by atoms with E-state index in [0.29, 0.717) is 5.75 Å². The van der Waals surface area contributed by atoms with Crippen LogP contribution in [-0.2, 0) is 0 Å². The van der Waals surface area contributed by atoms with E-state index < -0.39 is 0 Å². The summed E-state index contributed by atoms with van der Waals surface area (Å²) in [6.07, 6.45) is 4.12. The predicted octanol–water partition coefficient (Wildman–Crippen LogP) is 4.13. The summed E-state index contributed by atoms with van der Waals surface area (Å²) < 4.78 is 0. The number of thioether (sulfide) groups is 2. The Morgan fingerprint density at radius 3 is 2.50 bits per heavy atom. The van der Waals surface area contributed by atoms with Gasteiger partial charge in [0.25, 0.3) is 0 Å². The van der Waals surface area contributed by atoms with Gasteiger partial charge in [-0.1, -0.05) is 25.5 Å². The number of benzene rings is 1. The minimum absolute atomic E-state index is 0.305. The molecule has 1 aromatic carbocycles. The molecule has 0 fully saturated rings. The fraction of sp³-hybridized carbons (Fsp3) is 0.588. The van der Waals surface area contributed by atoms with Crippen molar-refractivity contribution >= 4 is 28.6 Å². The molecule has 1 N–H and O–H groups in total. The van der Waals surface area contributed by atoms with Crippen molar-refractivity contribution in [2.75, 3.05) is 44.9 Å². The Morgan fingerprint density at radius 2 is 1.91 bits per heavy atom. The molecule has 1 rings (SSSR count). The van der Waals surface area contributed by atoms with Crippen molar-refractivity contribution in [3.63, 3.8) is 0 Å². The fourth-order valence-corrected chi connectivity index (χ4v) is 2.86. The zero-order chi connectivity index (χ0) is 17.0. The van der Waals surface area contributed by atoms with Gasteiger partial charge in [-0.15, -0.1) is 11.8 Å². The van der Waals surface area contributed by atoms with Crippen molar-refractivity contribution in [2.45, 2.75) is 20.8 Å². The van der Waals surface area contributed by atoms with Gasteiger partial charge in [0.15, 0.2) is 0 Å². The smallest absolute Gasteiger partial charge is 0.125 e. The van der Waals surface area contributed by atoms with Gasteiger partial charge in [-0.25, -0.2) is 0 Å². The highest BCUT2D eigenvalue weighted by atomic mass is 32.2. The van der Waals surface area contributed by atoms with Crippen LogP contribution in [0.5, 0.6) is 5.75 Å². The maximum Gasteiger partial charge on any atom is 0.125 e. The molecule has 5 heteroatoms. The van der Waals surface area contributed by atoms with Crippen molar-refractivity contribution in [1.29, 1.82) is 0 Å². The van der Waals surface area contributed by atoms with Crippen LogP contribution in [0.4, 0.5) is 0 Å². The number of aliphatic imine (C=N–C) groups is 1. The first-order valence-corrected chi connectivity index (χ1v) is 10.3. The number of rotatable bonds is 7. The average molecular weight is 343 g/mol. The fourth-order valence-electron chi connectivity index (χ4n) is 1.76. The molecule has 0 saturated carbocycles. The van der Waals surface area contributed by atoms with Crippen molar-refractivity contribution in [2.24, 2.45) is 4.99 Å². The standard InChI is InChI=1S/C15H24N2OS2.C2H6/c1-12-5-6-14(18)13(11-12)15(20-4)16-7-8-17(2)9-10-19-3;1-2/h5-6,11,18H,7-10H2,1-4H3;1-2H3. The minimum Gasteiger partial charge on any atom is -0.507 e. The quantitative estimate of drug-likeness (QED) is 0.597. The SMILES string of the molecule is CC.CSCCN(C)CCN=C(SC)c1cc(C)ccc1O. The molecular formula is C17H30N2OS2. The molecule has 0 aliphatic carbocycles. The number of likely N-dealkylation sites (N-methyl/N-ethyl adjacent to an activating group) is 1. The molecule has 0 saturated heterocycles. The number of hydrogen-bond acceptors (Lipinski definition) is 5. The molecule has 1 aromatic rings. The van der Waals surface area contributed by atoms with Gasteiger partial charge in [0.1, 0.15) is 10.8 Å². The molecule has 0 spiro atoms. The number of phenolic OH excluding ortho intramolecular Hbond substituents is 1. The van der Waals surface area contributed by atoms with E-state index in [0.717, 1.165) is 41.6 Å². The van der Waals surface area contributed by atoms with Crippen molar-refractivity contribution < 1.29 is 5.11 Å². The van der Waals surface area contributed by atoms with Crippen LogP contribution in [0.1, 0.15) is 25.0 Å². The van der Waals surface area contributed by atoms with E-state index in [4.69, 9.17) is 0 Å². The highest BCUT2D eigenvalue weighted by molar-refractivity contribution is 8.13. The van der Waals surface area contributed by atoms with Gasteiger partial charge in [0, 0.05) is 24.4 Å². The second-order valence-corrected chi connectivity index (χ2v) is 6.49. The van der Waals surface area contributed by atoms with Gasteiger partial charge in [-0.3, -0.25) is 4.99 Å². The number of phenols is 1. The molecule has 0 bridgehead atoms. The predicted molar refractivity (Wildman–Crippen MR) is 105 cm³/mol. The highest BCUT2D eigenvalue weighted by Gasteiger charge is 2.08. The van der Waals surface area contributed by atoms with E-state index in [-0.39, 0.29) is 0 Å². The van der Waals surface area contributed by atoms with Crippen LogP contribution in [0.2, 0.25) is 0 Å². The molecule has 0 radical (unpaired) electrons. The zero-order valence-electron chi connectivity index (χ0n) is 14.7. The number of nitrogens with zero attached hydrogens (tertiary/aromatic N) is 2. The van der Waals surface area contributed by atoms with E-state index in [9.17, 15) is 5.11 Å². The summed E-state index contributed by atoms with van der Waals surface area (Å²) in [5.74, 6) is 1.45. The van der Waals surface area contributed by atoms with Gasteiger partial charge in [-0.05, 0) is 38.6 Å². The summed E-state index contributed by atoms with van der Waals surface area (Å²) in [4.78, 5) is 6.92. The lowest BCUT2D eigenvalue weighted by Crippen LogP contribution is -2.24. The van der Waals surface area contributed by atoms with Crippen LogP contribution < -0.4 is 0 Å². The first-order chi connectivity index (χ1) is 10.6. The van der Waals surface area contributed by atoms with Gasteiger partial charge in [0.05, 0.1) is 6.54 Å². The normalized spacial score (nSPS) is 11.3. The monoisotopic (exact) mass is 342 g/mol. The first-order valence-electron chi connectivity index (χ1n) is 7.64. The third kappa shape index (κ3) is 8.11. The lowest BCUT2D eigenvalue weighted by molar-refractivity contribution is 0.366. The Balaban J connectivity index is 0.00000211. The molecule has 0 unspecified atom stereocenters. The lowest BCUT2D eigenvalue weighted by atomic mass is 10.1. The summed E-state index contributed by atoms with van der Waals surface area (Å²) in [7, 11) is 2.12. The summed E-state index contributed by atoms with van der Waals surface area (Å²) in [5, 5.41) is 10.9. The van der Waals surface area contributed by atoms with Crippen LogP contribution in [0, 0.1) is 6.92 Å². The molecule has 0 aromatic heterocycles. The first kappa shape index (κ1) is 21.4. The van der Waals surface area contributed by atoms with Crippen molar-refractivity contribution in [3.8, 4) is 5.75 Å². The van der Waals surface area contributed by atoms with Crippen LogP contribution >= 0.6 is 23.5 Å². The summed E-state index contributed by atoms with van der Waals surface area (Å²) in [6.45, 7) is 8.81. The van der Waals surface area contributed by atoms with Crippen LogP contribution in [-0.4, -0.2) is 60.0 Å². The van der Waals surface area contributed by atoms with E-state index in [2.05, 4.69) is 23.2 Å². The van der Waals surface area contributed by atoms with E-state index in [1.165, 1.54) is 0 Å². The lowest BCUT2D eigenvalue weighted by Gasteiger charge is -2.14. The van der Waals surface area contributed by atoms with Crippen LogP contribution in [0.15, 0.2) is 23.2 Å². The van der Waals surface area contributed by atoms with Crippen LogP contribution in [0.3, 0.4) is 0 Å². The Labute approximate surface area is 144 Å². The second kappa shape index (κ2) is 12.9. The number of hydrogen-bond donors (Lipinski definition) is 1. The largest absolute Gasteiger partial charge is 0.507 e. The summed E-state index contributed by atoms with van der Waals surface area (Å²) in [6, 6.07) is 5.63. The third-order valence-electron chi connectivity index (χ3n) is 2.99. The third-order valence-corrected chi connectivity index (χ3v) is 4.32. The zero-order valence-corrected chi connectivity index (χ0v) is 16.4. The Hall–Kier alpha value is -0.650. The van der Waals surface area contributed by atoms with Crippen molar-refractivity contribution in [1.82, 2.24) is 4.90 Å². The van der Waals surface area contributed by atoms with E-state index in [1.54, 1.807) is 17.8 Å². The molecule has 126 valence electrons. The van der Waals surface area contributed by atoms with E-state index in [1.807, 2.05) is 50.9 Å². The topological polar surface area (TPSA) is 35.8 Å². The van der Waals surface area contributed by atoms with E-state index >= 15 is 0 Å². The molecule has 0 heterocycles. The maximum atomic E-state index is 9.95. The van der Waals surface area contributed by atoms with Crippen molar-refractivity contribution in [3.05, 3.63) is 29.3 Å². The Kier molecular flexibility index (Phi) is 12.5. The minimum atomic E-state index is 0.305. The molecule has 0 aliphatic rings. The van der Waals surface area contributed by atoms with Gasteiger partial charge >= 0.3 is 0 Å². The van der Waals surface area contributed by atoms with Crippen LogP contribution in [0.25, 0.3) is 0 Å². The maximum absolute atomic E-state index is 9.95. The number of aromatic hydroxyl groups is 1. The summed E-state index contributed by atoms with van der Waals surface area (Å²) >= 11 is 3.44. The van der Waals surface area contributed by atoms with Gasteiger partial charge in [0.2, 0.25) is 0 Å². The average Bonchev–Trinajstić information content (AvgIpc) is 2.54.